The van der Waals surface area contributed by atoms with Gasteiger partial charge in [0.05, 0.1) is 0 Å². The van der Waals surface area contributed by atoms with Crippen LogP contribution in [0, 0.1) is 0 Å². The maximum absolute atomic E-state index is 12.7. The Morgan fingerprint density at radius 3 is 2.65 bits per heavy atom. The Bertz CT molecular complexity index is 477. The third-order valence-corrected chi connectivity index (χ3v) is 5.89. The SMILES string of the molecule is COC(=O)C1CCCCN1C(=O)[CH]([Pb])c1ccccc1. The number of methoxy groups -OCH3 is 1. The number of esters is 1. The van der Waals surface area contributed by atoms with Crippen LogP contribution in [0.4, 0.5) is 0 Å². The number of amides is 1. The summed E-state index contributed by atoms with van der Waals surface area (Å²) in [5.74, 6) is -0.224. The van der Waals surface area contributed by atoms with E-state index in [4.69, 9.17) is 4.74 Å². The molecule has 0 aliphatic carbocycles. The first-order valence-corrected chi connectivity index (χ1v) is 9.04. The molecule has 1 aromatic rings. The second-order valence-electron chi connectivity index (χ2n) is 4.91. The molecule has 20 heavy (non-hydrogen) atoms. The number of benzene rings is 1. The van der Waals surface area contributed by atoms with Crippen molar-refractivity contribution in [2.45, 2.75) is 28.8 Å². The molecule has 5 heteroatoms. The van der Waals surface area contributed by atoms with E-state index in [9.17, 15) is 9.59 Å². The van der Waals surface area contributed by atoms with Gasteiger partial charge in [0.1, 0.15) is 0 Å². The molecular formula is C15H18NO3Pb. The fraction of sp³-hybridized carbons (Fsp3) is 0.467. The molecule has 0 saturated carbocycles. The summed E-state index contributed by atoms with van der Waals surface area (Å²) in [6, 6.07) is 9.39. The summed E-state index contributed by atoms with van der Waals surface area (Å²) in [5, 5.41) is 0. The van der Waals surface area contributed by atoms with Gasteiger partial charge in [-0.15, -0.1) is 0 Å². The molecule has 105 valence electrons. The van der Waals surface area contributed by atoms with Crippen molar-refractivity contribution in [1.82, 2.24) is 4.90 Å². The van der Waals surface area contributed by atoms with Crippen molar-refractivity contribution in [3.8, 4) is 0 Å². The van der Waals surface area contributed by atoms with Gasteiger partial charge in [-0.2, -0.15) is 0 Å². The summed E-state index contributed by atoms with van der Waals surface area (Å²) < 4.78 is 4.74. The molecule has 2 rings (SSSR count). The van der Waals surface area contributed by atoms with E-state index < -0.39 is 6.04 Å². The zero-order valence-electron chi connectivity index (χ0n) is 11.5. The quantitative estimate of drug-likeness (QED) is 0.500. The number of rotatable bonds is 3. The van der Waals surface area contributed by atoms with Crippen molar-refractivity contribution >= 4 is 37.6 Å². The van der Waals surface area contributed by atoms with E-state index in [0.29, 0.717) is 13.0 Å². The minimum absolute atomic E-state index is 0.0676. The van der Waals surface area contributed by atoms with Gasteiger partial charge in [0.2, 0.25) is 0 Å². The Balaban J connectivity index is 2.15. The van der Waals surface area contributed by atoms with Crippen LogP contribution in [0.5, 0.6) is 0 Å². The van der Waals surface area contributed by atoms with Crippen LogP contribution in [0.1, 0.15) is 28.3 Å². The zero-order chi connectivity index (χ0) is 14.5. The van der Waals surface area contributed by atoms with E-state index in [-0.39, 0.29) is 15.4 Å². The predicted octanol–water partition coefficient (Wildman–Crippen LogP) is 1.45. The minimum atomic E-state index is -0.401. The molecule has 0 aromatic heterocycles. The number of nitrogens with zero attached hydrogens (tertiary/aromatic N) is 1. The van der Waals surface area contributed by atoms with Crippen LogP contribution in [-0.4, -0.2) is 62.2 Å². The molecule has 0 N–H and O–H groups in total. The number of carbonyl (C=O) groups is 2. The van der Waals surface area contributed by atoms with Gasteiger partial charge in [-0.3, -0.25) is 0 Å². The number of hydrogen-bond acceptors (Lipinski definition) is 3. The van der Waals surface area contributed by atoms with E-state index >= 15 is 0 Å². The zero-order valence-corrected chi connectivity index (χ0v) is 15.4. The summed E-state index contributed by atoms with van der Waals surface area (Å²) in [6.45, 7) is 0.657. The van der Waals surface area contributed by atoms with Crippen molar-refractivity contribution in [3.05, 3.63) is 35.9 Å². The van der Waals surface area contributed by atoms with Crippen LogP contribution < -0.4 is 0 Å². The summed E-state index contributed by atoms with van der Waals surface area (Å²) in [5.41, 5.74) is 1.04. The number of ether oxygens (including phenoxy) is 1. The Kier molecular flexibility index (Phi) is 5.56. The van der Waals surface area contributed by atoms with E-state index in [1.54, 1.807) is 4.90 Å². The van der Waals surface area contributed by atoms with Gasteiger partial charge < -0.3 is 0 Å². The average molecular weight is 468 g/mol. The van der Waals surface area contributed by atoms with Crippen LogP contribution in [0.2, 0.25) is 0 Å². The molecule has 1 fully saturated rings. The molecule has 1 saturated heterocycles. The molecule has 1 heterocycles. The standard InChI is InChI=1S/C15H18NO3.Pb/c1-19-15(18)13-9-5-6-10-16(13)14(17)11-12-7-3-2-4-8-12;/h2-4,7-8,11,13H,5-6,9-10H2,1H3;. The van der Waals surface area contributed by atoms with Gasteiger partial charge in [0, 0.05) is 0 Å². The fourth-order valence-electron chi connectivity index (χ4n) is 2.53. The molecule has 0 spiro atoms. The first-order chi connectivity index (χ1) is 9.65. The van der Waals surface area contributed by atoms with Crippen molar-refractivity contribution in [3.63, 3.8) is 0 Å². The van der Waals surface area contributed by atoms with E-state index in [0.717, 1.165) is 44.2 Å². The third kappa shape index (κ3) is 3.39. The molecule has 1 amide bonds. The number of hydrogen-bond donors (Lipinski definition) is 0. The van der Waals surface area contributed by atoms with E-state index in [1.807, 2.05) is 30.3 Å². The summed E-state index contributed by atoms with van der Waals surface area (Å²) >= 11 is 0.739. The summed E-state index contributed by atoms with van der Waals surface area (Å²) in [6.07, 6.45) is 2.64. The van der Waals surface area contributed by atoms with E-state index in [1.165, 1.54) is 7.11 Å². The van der Waals surface area contributed by atoms with Gasteiger partial charge >= 0.3 is 135 Å². The Labute approximate surface area is 135 Å². The van der Waals surface area contributed by atoms with Crippen molar-refractivity contribution in [2.75, 3.05) is 13.7 Å². The van der Waals surface area contributed by atoms with Crippen molar-refractivity contribution < 1.29 is 14.3 Å². The number of carbonyl (C=O) groups excluding carboxylic acids is 2. The predicted molar refractivity (Wildman–Crippen MR) is 76.3 cm³/mol. The maximum atomic E-state index is 12.7. The monoisotopic (exact) mass is 468 g/mol. The molecule has 1 aliphatic rings. The van der Waals surface area contributed by atoms with Gasteiger partial charge in [0.15, 0.2) is 0 Å². The molecule has 4 nitrogen and oxygen atoms in total. The Hall–Kier alpha value is -0.918. The number of piperidine rings is 1. The topological polar surface area (TPSA) is 46.6 Å². The van der Waals surface area contributed by atoms with Gasteiger partial charge in [-0.1, -0.05) is 0 Å². The molecule has 1 aliphatic heterocycles. The molecule has 1 aromatic carbocycles. The van der Waals surface area contributed by atoms with Crippen LogP contribution in [0.3, 0.4) is 0 Å². The second kappa shape index (κ2) is 7.19. The fourth-order valence-corrected chi connectivity index (χ4v) is 3.92. The normalized spacial score (nSPS) is 20.3. The average Bonchev–Trinajstić information content (AvgIpc) is 2.53. The molecular weight excluding hydrogens is 449 g/mol. The van der Waals surface area contributed by atoms with Crippen LogP contribution >= 0.6 is 0 Å². The second-order valence-corrected chi connectivity index (χ2v) is 7.15. The first-order valence-electron chi connectivity index (χ1n) is 6.79. The molecule has 2 atom stereocenters. The molecule has 0 bridgehead atoms. The van der Waals surface area contributed by atoms with E-state index in [2.05, 4.69) is 0 Å². The van der Waals surface area contributed by atoms with Gasteiger partial charge in [0.25, 0.3) is 0 Å². The van der Waals surface area contributed by atoms with Crippen molar-refractivity contribution in [1.29, 1.82) is 0 Å². The summed E-state index contributed by atoms with van der Waals surface area (Å²) in [7, 11) is 1.38. The van der Waals surface area contributed by atoms with Crippen LogP contribution in [0.25, 0.3) is 0 Å². The van der Waals surface area contributed by atoms with Gasteiger partial charge in [-0.25, -0.2) is 0 Å². The first kappa shape index (κ1) is 15.5. The summed E-state index contributed by atoms with van der Waals surface area (Å²) in [4.78, 5) is 26.2. The van der Waals surface area contributed by atoms with Crippen molar-refractivity contribution in [2.24, 2.45) is 0 Å². The van der Waals surface area contributed by atoms with Gasteiger partial charge in [-0.05, 0) is 0 Å². The molecule has 3 radical (unpaired) electrons. The van der Waals surface area contributed by atoms with Crippen LogP contribution in [0.15, 0.2) is 30.3 Å². The molecule has 2 unspecified atom stereocenters. The van der Waals surface area contributed by atoms with Crippen LogP contribution in [-0.2, 0) is 14.3 Å². The third-order valence-electron chi connectivity index (χ3n) is 3.64. The Morgan fingerprint density at radius 1 is 1.30 bits per heavy atom. The Morgan fingerprint density at radius 2 is 2.00 bits per heavy atom. The number of likely N-dealkylation sites (tertiary alicyclic amines) is 1.